The molecule has 1 amide bonds. The van der Waals surface area contributed by atoms with Crippen LogP contribution < -0.4 is 16.1 Å². The van der Waals surface area contributed by atoms with E-state index in [1.807, 2.05) is 0 Å². The molecule has 0 aliphatic carbocycles. The third-order valence-corrected chi connectivity index (χ3v) is 4.92. The molecule has 1 unspecified atom stereocenters. The van der Waals surface area contributed by atoms with Crippen molar-refractivity contribution in [2.45, 2.75) is 46.3 Å². The summed E-state index contributed by atoms with van der Waals surface area (Å²) in [5, 5.41) is 5.49. The van der Waals surface area contributed by atoms with Gasteiger partial charge in [0.05, 0.1) is 12.0 Å². The largest absolute Gasteiger partial charge is 0.462 e. The number of amides is 1. The third-order valence-electron chi connectivity index (χ3n) is 4.92. The van der Waals surface area contributed by atoms with Gasteiger partial charge in [-0.3, -0.25) is 9.36 Å². The van der Waals surface area contributed by atoms with E-state index in [-0.39, 0.29) is 30.0 Å². The fraction of sp³-hybridized carbons (Fsp3) is 0.360. The standard InChI is InChI=1S/C25H27F3N4O5/c1-6-36-23(34)16-12-32(20-17(27)9-14(26)10-18(20)28)22-15(21(16)33)7-8-19(31-22)29-11-13(2)30-24(35)37-25(3,4)5/h7-10,12-13H,6,11H2,1-5H3,(H,29,31)(H,30,35). The summed E-state index contributed by atoms with van der Waals surface area (Å²) in [4.78, 5) is 41.6. The molecule has 1 atom stereocenters. The minimum Gasteiger partial charge on any atom is -0.462 e. The van der Waals surface area contributed by atoms with Gasteiger partial charge in [0, 0.05) is 30.9 Å². The molecule has 2 aromatic heterocycles. The van der Waals surface area contributed by atoms with Gasteiger partial charge in [0.1, 0.15) is 28.5 Å². The predicted molar refractivity (Wildman–Crippen MR) is 130 cm³/mol. The van der Waals surface area contributed by atoms with Gasteiger partial charge in [-0.25, -0.2) is 27.7 Å². The quantitative estimate of drug-likeness (QED) is 0.447. The molecule has 2 heterocycles. The van der Waals surface area contributed by atoms with Crippen LogP contribution in [0.25, 0.3) is 16.7 Å². The maximum atomic E-state index is 14.7. The van der Waals surface area contributed by atoms with Crippen LogP contribution >= 0.6 is 0 Å². The molecule has 0 aliphatic heterocycles. The normalized spacial score (nSPS) is 12.2. The van der Waals surface area contributed by atoms with E-state index >= 15 is 0 Å². The minimum atomic E-state index is -1.27. The van der Waals surface area contributed by atoms with Gasteiger partial charge in [-0.05, 0) is 46.8 Å². The second kappa shape index (κ2) is 10.9. The first-order chi connectivity index (χ1) is 17.3. The lowest BCUT2D eigenvalue weighted by atomic mass is 10.1. The molecule has 1 aromatic carbocycles. The zero-order valence-corrected chi connectivity index (χ0v) is 20.9. The van der Waals surface area contributed by atoms with Gasteiger partial charge in [-0.2, -0.15) is 0 Å². The SMILES string of the molecule is CCOC(=O)c1cn(-c2c(F)cc(F)cc2F)c2nc(NCC(C)NC(=O)OC(C)(C)C)ccc2c1=O. The highest BCUT2D eigenvalue weighted by Gasteiger charge is 2.23. The number of aromatic nitrogens is 2. The summed E-state index contributed by atoms with van der Waals surface area (Å²) in [6.07, 6.45) is 0.293. The Labute approximate surface area is 210 Å². The molecular weight excluding hydrogens is 493 g/mol. The number of hydrogen-bond donors (Lipinski definition) is 2. The van der Waals surface area contributed by atoms with Gasteiger partial charge in [0.25, 0.3) is 0 Å². The number of ether oxygens (including phenoxy) is 2. The number of halogens is 3. The Balaban J connectivity index is 2.03. The van der Waals surface area contributed by atoms with E-state index in [1.54, 1.807) is 27.7 Å². The number of nitrogens with zero attached hydrogens (tertiary/aromatic N) is 2. The molecule has 12 heteroatoms. The number of carbonyl (C=O) groups excluding carboxylic acids is 2. The van der Waals surface area contributed by atoms with E-state index in [0.717, 1.165) is 10.8 Å². The summed E-state index contributed by atoms with van der Waals surface area (Å²) in [5.74, 6) is -4.47. The van der Waals surface area contributed by atoms with Crippen LogP contribution in [-0.2, 0) is 9.47 Å². The highest BCUT2D eigenvalue weighted by molar-refractivity contribution is 5.93. The second-order valence-electron chi connectivity index (χ2n) is 9.18. The van der Waals surface area contributed by atoms with Crippen molar-refractivity contribution < 1.29 is 32.2 Å². The molecule has 0 spiro atoms. The fourth-order valence-corrected chi connectivity index (χ4v) is 3.41. The van der Waals surface area contributed by atoms with E-state index in [0.29, 0.717) is 12.1 Å². The zero-order valence-electron chi connectivity index (χ0n) is 20.9. The predicted octanol–water partition coefficient (Wildman–Crippen LogP) is 4.30. The maximum absolute atomic E-state index is 14.7. The fourth-order valence-electron chi connectivity index (χ4n) is 3.41. The number of nitrogens with one attached hydrogen (secondary N) is 2. The Morgan fingerprint density at radius 1 is 1.14 bits per heavy atom. The second-order valence-corrected chi connectivity index (χ2v) is 9.18. The van der Waals surface area contributed by atoms with Crippen molar-refractivity contribution in [2.75, 3.05) is 18.5 Å². The van der Waals surface area contributed by atoms with Crippen LogP contribution in [0.1, 0.15) is 45.0 Å². The van der Waals surface area contributed by atoms with Crippen molar-refractivity contribution in [3.05, 3.63) is 63.7 Å². The van der Waals surface area contributed by atoms with Crippen LogP contribution in [0.2, 0.25) is 0 Å². The lowest BCUT2D eigenvalue weighted by Crippen LogP contribution is -2.40. The Morgan fingerprint density at radius 3 is 2.38 bits per heavy atom. The number of pyridine rings is 2. The number of hydrogen-bond acceptors (Lipinski definition) is 7. The Kier molecular flexibility index (Phi) is 8.09. The van der Waals surface area contributed by atoms with Crippen molar-refractivity contribution in [3.8, 4) is 5.69 Å². The monoisotopic (exact) mass is 520 g/mol. The van der Waals surface area contributed by atoms with Crippen molar-refractivity contribution in [1.82, 2.24) is 14.9 Å². The van der Waals surface area contributed by atoms with Gasteiger partial charge in [0.15, 0.2) is 17.3 Å². The summed E-state index contributed by atoms with van der Waals surface area (Å²) in [6, 6.07) is 3.29. The molecule has 3 rings (SSSR count). The van der Waals surface area contributed by atoms with Crippen LogP contribution in [0.15, 0.2) is 35.3 Å². The van der Waals surface area contributed by atoms with E-state index in [2.05, 4.69) is 15.6 Å². The molecule has 3 aromatic rings. The van der Waals surface area contributed by atoms with Crippen LogP contribution in [0, 0.1) is 17.5 Å². The molecule has 0 saturated heterocycles. The van der Waals surface area contributed by atoms with Crippen molar-refractivity contribution in [3.63, 3.8) is 0 Å². The van der Waals surface area contributed by atoms with Crippen LogP contribution in [0.5, 0.6) is 0 Å². The lowest BCUT2D eigenvalue weighted by Gasteiger charge is -2.22. The maximum Gasteiger partial charge on any atom is 0.407 e. The highest BCUT2D eigenvalue weighted by atomic mass is 19.1. The van der Waals surface area contributed by atoms with E-state index < -0.39 is 57.8 Å². The zero-order chi connectivity index (χ0) is 27.5. The number of benzene rings is 1. The molecule has 0 fully saturated rings. The van der Waals surface area contributed by atoms with Crippen molar-refractivity contribution in [1.29, 1.82) is 0 Å². The van der Waals surface area contributed by atoms with Gasteiger partial charge in [-0.1, -0.05) is 0 Å². The molecule has 0 bridgehead atoms. The van der Waals surface area contributed by atoms with Crippen molar-refractivity contribution in [2.24, 2.45) is 0 Å². The Hall–Kier alpha value is -4.09. The first-order valence-corrected chi connectivity index (χ1v) is 11.4. The van der Waals surface area contributed by atoms with Crippen molar-refractivity contribution >= 4 is 28.9 Å². The van der Waals surface area contributed by atoms with Gasteiger partial charge >= 0.3 is 12.1 Å². The third kappa shape index (κ3) is 6.57. The summed E-state index contributed by atoms with van der Waals surface area (Å²) in [6.45, 7) is 8.59. The molecule has 9 nitrogen and oxygen atoms in total. The Morgan fingerprint density at radius 2 is 1.78 bits per heavy atom. The smallest absolute Gasteiger partial charge is 0.407 e. The average molecular weight is 521 g/mol. The number of anilines is 1. The number of fused-ring (bicyclic) bond motifs is 1. The molecule has 198 valence electrons. The van der Waals surface area contributed by atoms with Crippen LogP contribution in [-0.4, -0.2) is 46.4 Å². The first kappa shape index (κ1) is 27.5. The molecule has 37 heavy (non-hydrogen) atoms. The lowest BCUT2D eigenvalue weighted by molar-refractivity contribution is 0.0505. The average Bonchev–Trinajstić information content (AvgIpc) is 2.77. The molecule has 0 saturated carbocycles. The number of esters is 1. The van der Waals surface area contributed by atoms with Crippen LogP contribution in [0.4, 0.5) is 23.8 Å². The number of carbonyl (C=O) groups is 2. The minimum absolute atomic E-state index is 0.0355. The van der Waals surface area contributed by atoms with E-state index in [9.17, 15) is 27.6 Å². The molecule has 2 N–H and O–H groups in total. The summed E-state index contributed by atoms with van der Waals surface area (Å²) in [7, 11) is 0. The van der Waals surface area contributed by atoms with E-state index in [1.165, 1.54) is 19.1 Å². The number of alkyl carbamates (subject to hydrolysis) is 1. The van der Waals surface area contributed by atoms with E-state index in [4.69, 9.17) is 9.47 Å². The molecule has 0 aliphatic rings. The van der Waals surface area contributed by atoms with Gasteiger partial charge in [-0.15, -0.1) is 0 Å². The van der Waals surface area contributed by atoms with Gasteiger partial charge < -0.3 is 20.1 Å². The molecular formula is C25H27F3N4O5. The number of rotatable bonds is 7. The van der Waals surface area contributed by atoms with Crippen LogP contribution in [0.3, 0.4) is 0 Å². The van der Waals surface area contributed by atoms with Gasteiger partial charge in [0.2, 0.25) is 5.43 Å². The topological polar surface area (TPSA) is 112 Å². The highest BCUT2D eigenvalue weighted by Crippen LogP contribution is 2.24. The summed E-state index contributed by atoms with van der Waals surface area (Å²) in [5.41, 5.74) is -2.84. The Bertz CT molecular complexity index is 1380. The summed E-state index contributed by atoms with van der Waals surface area (Å²) >= 11 is 0. The summed E-state index contributed by atoms with van der Waals surface area (Å²) < 4.78 is 53.9. The first-order valence-electron chi connectivity index (χ1n) is 11.4. The molecule has 0 radical (unpaired) electrons.